The lowest BCUT2D eigenvalue weighted by Gasteiger charge is -2.09. The number of benzene rings is 3. The Morgan fingerprint density at radius 2 is 1.90 bits per heavy atom. The number of rotatable bonds is 5. The number of hydrogen-bond acceptors (Lipinski definition) is 4. The molecule has 5 nitrogen and oxygen atoms in total. The Kier molecular flexibility index (Phi) is 5.50. The maximum Gasteiger partial charge on any atom is 0.310 e. The zero-order valence-electron chi connectivity index (χ0n) is 15.4. The van der Waals surface area contributed by atoms with E-state index in [-0.39, 0.29) is 16.6 Å². The van der Waals surface area contributed by atoms with Gasteiger partial charge in [0.15, 0.2) is 12.4 Å². The van der Waals surface area contributed by atoms with Crippen LogP contribution in [0.5, 0.6) is 0 Å². The van der Waals surface area contributed by atoms with E-state index in [0.29, 0.717) is 17.2 Å². The first-order chi connectivity index (χ1) is 14.4. The number of nitrogens with one attached hydrogen (secondary N) is 1. The van der Waals surface area contributed by atoms with Gasteiger partial charge in [0.25, 0.3) is 5.91 Å². The molecule has 0 bridgehead atoms. The SMILES string of the molecule is O=C(COC(=O)Cc1coc2ccc3ccccc3c12)Nc1c(F)cc(F)cc1Br. The highest BCUT2D eigenvalue weighted by atomic mass is 79.9. The lowest BCUT2D eigenvalue weighted by molar-refractivity contribution is -0.146. The summed E-state index contributed by atoms with van der Waals surface area (Å²) in [6.07, 6.45) is 1.40. The Labute approximate surface area is 177 Å². The van der Waals surface area contributed by atoms with Crippen molar-refractivity contribution in [1.29, 1.82) is 0 Å². The fourth-order valence-electron chi connectivity index (χ4n) is 3.19. The van der Waals surface area contributed by atoms with Crippen molar-refractivity contribution in [3.8, 4) is 0 Å². The number of esters is 1. The molecule has 30 heavy (non-hydrogen) atoms. The predicted octanol–water partition coefficient (Wildman–Crippen LogP) is 5.35. The molecular formula is C22H14BrF2NO4. The van der Waals surface area contributed by atoms with Gasteiger partial charge in [0.2, 0.25) is 0 Å². The van der Waals surface area contributed by atoms with Crippen LogP contribution in [-0.2, 0) is 20.7 Å². The molecule has 0 fully saturated rings. The lowest BCUT2D eigenvalue weighted by Crippen LogP contribution is -2.22. The molecule has 1 N–H and O–H groups in total. The third kappa shape index (κ3) is 4.04. The highest BCUT2D eigenvalue weighted by molar-refractivity contribution is 9.10. The van der Waals surface area contributed by atoms with Crippen LogP contribution in [0.2, 0.25) is 0 Å². The van der Waals surface area contributed by atoms with Gasteiger partial charge in [0, 0.05) is 21.5 Å². The molecule has 0 aliphatic heterocycles. The zero-order chi connectivity index (χ0) is 21.3. The quantitative estimate of drug-likeness (QED) is 0.396. The molecular weight excluding hydrogens is 460 g/mol. The Morgan fingerprint density at radius 1 is 1.10 bits per heavy atom. The summed E-state index contributed by atoms with van der Waals surface area (Å²) in [7, 11) is 0. The van der Waals surface area contributed by atoms with E-state index in [4.69, 9.17) is 9.15 Å². The standard InChI is InChI=1S/C22H14BrF2NO4/c23-16-8-14(24)9-17(25)22(16)26-19(27)11-30-20(28)7-13-10-29-18-6-5-12-3-1-2-4-15(12)21(13)18/h1-6,8-10H,7,11H2,(H,26,27). The van der Waals surface area contributed by atoms with Gasteiger partial charge in [0.05, 0.1) is 18.4 Å². The second-order valence-corrected chi connectivity index (χ2v) is 7.41. The van der Waals surface area contributed by atoms with Crippen LogP contribution in [-0.4, -0.2) is 18.5 Å². The molecule has 1 aromatic heterocycles. The summed E-state index contributed by atoms with van der Waals surface area (Å²) in [5, 5.41) is 5.01. The Bertz CT molecular complexity index is 1260. The zero-order valence-corrected chi connectivity index (χ0v) is 17.0. The van der Waals surface area contributed by atoms with Crippen LogP contribution < -0.4 is 5.32 Å². The smallest absolute Gasteiger partial charge is 0.310 e. The van der Waals surface area contributed by atoms with E-state index < -0.39 is 30.1 Å². The third-order valence-corrected chi connectivity index (χ3v) is 5.14. The predicted molar refractivity (Wildman–Crippen MR) is 111 cm³/mol. The molecule has 1 amide bonds. The monoisotopic (exact) mass is 473 g/mol. The van der Waals surface area contributed by atoms with Crippen molar-refractivity contribution in [2.45, 2.75) is 6.42 Å². The largest absolute Gasteiger partial charge is 0.464 e. The first-order valence-electron chi connectivity index (χ1n) is 8.90. The Hall–Kier alpha value is -3.26. The fourth-order valence-corrected chi connectivity index (χ4v) is 3.70. The first-order valence-corrected chi connectivity index (χ1v) is 9.69. The number of ether oxygens (including phenoxy) is 1. The van der Waals surface area contributed by atoms with E-state index in [1.165, 1.54) is 6.26 Å². The van der Waals surface area contributed by atoms with Gasteiger partial charge in [-0.1, -0.05) is 30.3 Å². The number of anilines is 1. The molecule has 0 saturated heterocycles. The number of hydrogen-bond donors (Lipinski definition) is 1. The van der Waals surface area contributed by atoms with E-state index in [9.17, 15) is 18.4 Å². The van der Waals surface area contributed by atoms with Crippen molar-refractivity contribution in [2.75, 3.05) is 11.9 Å². The summed E-state index contributed by atoms with van der Waals surface area (Å²) in [6.45, 7) is -0.612. The summed E-state index contributed by atoms with van der Waals surface area (Å²) in [4.78, 5) is 24.3. The molecule has 3 aromatic carbocycles. The summed E-state index contributed by atoms with van der Waals surface area (Å²) < 4.78 is 37.5. The second kappa shape index (κ2) is 8.23. The fraction of sp³-hybridized carbons (Fsp3) is 0.0909. The lowest BCUT2D eigenvalue weighted by atomic mass is 10.0. The molecule has 4 aromatic rings. The van der Waals surface area contributed by atoms with Crippen LogP contribution in [0.1, 0.15) is 5.56 Å². The van der Waals surface area contributed by atoms with E-state index in [0.717, 1.165) is 22.2 Å². The maximum absolute atomic E-state index is 13.8. The van der Waals surface area contributed by atoms with Crippen molar-refractivity contribution in [3.63, 3.8) is 0 Å². The molecule has 0 aliphatic carbocycles. The average Bonchev–Trinajstić information content (AvgIpc) is 3.12. The Balaban J connectivity index is 1.43. The number of halogens is 3. The van der Waals surface area contributed by atoms with E-state index in [1.54, 1.807) is 0 Å². The van der Waals surface area contributed by atoms with E-state index >= 15 is 0 Å². The minimum atomic E-state index is -0.946. The van der Waals surface area contributed by atoms with Crippen molar-refractivity contribution >= 4 is 55.2 Å². The minimum Gasteiger partial charge on any atom is -0.464 e. The molecule has 0 saturated carbocycles. The molecule has 0 unspecified atom stereocenters. The van der Waals surface area contributed by atoms with Crippen LogP contribution in [0.15, 0.2) is 63.7 Å². The number of carbonyl (C=O) groups is 2. The van der Waals surface area contributed by atoms with Crippen molar-refractivity contribution in [2.24, 2.45) is 0 Å². The number of amides is 1. The summed E-state index contributed by atoms with van der Waals surface area (Å²) >= 11 is 2.98. The van der Waals surface area contributed by atoms with Crippen molar-refractivity contribution < 1.29 is 27.5 Å². The summed E-state index contributed by atoms with van der Waals surface area (Å²) in [6, 6.07) is 13.1. The second-order valence-electron chi connectivity index (χ2n) is 6.55. The number of fused-ring (bicyclic) bond motifs is 3. The highest BCUT2D eigenvalue weighted by Gasteiger charge is 2.17. The summed E-state index contributed by atoms with van der Waals surface area (Å²) in [5.74, 6) is -3.13. The topological polar surface area (TPSA) is 68.5 Å². The molecule has 0 atom stereocenters. The van der Waals surface area contributed by atoms with Crippen LogP contribution in [0.3, 0.4) is 0 Å². The molecule has 0 radical (unpaired) electrons. The average molecular weight is 474 g/mol. The molecule has 0 aliphatic rings. The van der Waals surface area contributed by atoms with Gasteiger partial charge in [-0.3, -0.25) is 9.59 Å². The molecule has 152 valence electrons. The first kappa shape index (κ1) is 20.0. The van der Waals surface area contributed by atoms with Crippen molar-refractivity contribution in [1.82, 2.24) is 0 Å². The normalized spacial score (nSPS) is 11.0. The Morgan fingerprint density at radius 3 is 2.70 bits per heavy atom. The van der Waals surface area contributed by atoms with E-state index in [2.05, 4.69) is 21.2 Å². The summed E-state index contributed by atoms with van der Waals surface area (Å²) in [5.41, 5.74) is 1.05. The highest BCUT2D eigenvalue weighted by Crippen LogP contribution is 2.30. The minimum absolute atomic E-state index is 0.0384. The van der Waals surface area contributed by atoms with Crippen molar-refractivity contribution in [3.05, 3.63) is 76.5 Å². The molecule has 1 heterocycles. The van der Waals surface area contributed by atoms with Crippen LogP contribution in [0.25, 0.3) is 21.7 Å². The van der Waals surface area contributed by atoms with Gasteiger partial charge in [0.1, 0.15) is 11.4 Å². The number of carbonyl (C=O) groups excluding carboxylic acids is 2. The van der Waals surface area contributed by atoms with Crippen LogP contribution >= 0.6 is 15.9 Å². The maximum atomic E-state index is 13.8. The van der Waals surface area contributed by atoms with Gasteiger partial charge in [-0.25, -0.2) is 8.78 Å². The van der Waals surface area contributed by atoms with E-state index in [1.807, 2.05) is 36.4 Å². The number of furan rings is 1. The molecule has 4 rings (SSSR count). The van der Waals surface area contributed by atoms with Crippen LogP contribution in [0.4, 0.5) is 14.5 Å². The molecule has 0 spiro atoms. The third-order valence-electron chi connectivity index (χ3n) is 4.51. The van der Waals surface area contributed by atoms with Gasteiger partial charge in [-0.15, -0.1) is 0 Å². The van der Waals surface area contributed by atoms with Crippen LogP contribution in [0, 0.1) is 11.6 Å². The van der Waals surface area contributed by atoms with Gasteiger partial charge in [-0.2, -0.15) is 0 Å². The molecule has 8 heteroatoms. The van der Waals surface area contributed by atoms with Gasteiger partial charge >= 0.3 is 5.97 Å². The van der Waals surface area contributed by atoms with Gasteiger partial charge in [-0.05, 0) is 38.8 Å². The van der Waals surface area contributed by atoms with Gasteiger partial charge < -0.3 is 14.5 Å².